The van der Waals surface area contributed by atoms with Crippen LogP contribution in [0.1, 0.15) is 18.7 Å². The molecule has 132 valence electrons. The summed E-state index contributed by atoms with van der Waals surface area (Å²) < 4.78 is 19.1. The van der Waals surface area contributed by atoms with Gasteiger partial charge in [0.05, 0.1) is 25.5 Å². The minimum atomic E-state index is -0.151. The van der Waals surface area contributed by atoms with Crippen LogP contribution >= 0.6 is 0 Å². The number of nitrogens with zero attached hydrogens (tertiary/aromatic N) is 3. The van der Waals surface area contributed by atoms with Gasteiger partial charge < -0.3 is 19.5 Å². The second kappa shape index (κ2) is 6.81. The second-order valence-corrected chi connectivity index (χ2v) is 6.26. The maximum absolute atomic E-state index is 11.3. The Bertz CT molecular complexity index is 735. The fraction of sp³-hybridized carbons (Fsp3) is 0.471. The third-order valence-electron chi connectivity index (χ3n) is 4.44. The van der Waals surface area contributed by atoms with Crippen molar-refractivity contribution in [2.45, 2.75) is 37.8 Å². The molecular formula is C17H20N4O4. The Morgan fingerprint density at radius 2 is 2.08 bits per heavy atom. The molecular weight excluding hydrogens is 324 g/mol. The first-order chi connectivity index (χ1) is 12.2. The molecule has 2 aliphatic rings. The fourth-order valence-electron chi connectivity index (χ4n) is 3.31. The molecule has 0 spiro atoms. The maximum Gasteiger partial charge on any atom is 0.217 e. The zero-order chi connectivity index (χ0) is 17.2. The van der Waals surface area contributed by atoms with Gasteiger partial charge in [0.1, 0.15) is 36.3 Å². The number of hydrogen-bond donors (Lipinski definition) is 1. The average Bonchev–Trinajstić information content (AvgIpc) is 3.31. The van der Waals surface area contributed by atoms with Crippen molar-refractivity contribution in [2.75, 3.05) is 13.2 Å². The monoisotopic (exact) mass is 344 g/mol. The Labute approximate surface area is 145 Å². The summed E-state index contributed by atoms with van der Waals surface area (Å²) in [7, 11) is 0. The summed E-state index contributed by atoms with van der Waals surface area (Å²) >= 11 is 0. The molecule has 2 saturated heterocycles. The number of nitrogens with one attached hydrogen (secondary N) is 1. The lowest BCUT2D eigenvalue weighted by Gasteiger charge is -2.16. The van der Waals surface area contributed by atoms with Crippen LogP contribution < -0.4 is 10.1 Å². The van der Waals surface area contributed by atoms with Gasteiger partial charge in [-0.2, -0.15) is 0 Å². The predicted octanol–water partition coefficient (Wildman–Crippen LogP) is 0.700. The molecule has 0 bridgehead atoms. The zero-order valence-corrected chi connectivity index (χ0v) is 13.9. The van der Waals surface area contributed by atoms with Crippen LogP contribution in [0, 0.1) is 0 Å². The van der Waals surface area contributed by atoms with Crippen molar-refractivity contribution in [3.8, 4) is 5.75 Å². The van der Waals surface area contributed by atoms with E-state index in [1.807, 2.05) is 36.5 Å². The molecule has 4 atom stereocenters. The van der Waals surface area contributed by atoms with Gasteiger partial charge in [0.15, 0.2) is 0 Å². The van der Waals surface area contributed by atoms with Crippen molar-refractivity contribution in [1.29, 1.82) is 0 Å². The minimum Gasteiger partial charge on any atom is -0.487 e. The van der Waals surface area contributed by atoms with Crippen LogP contribution in [0.5, 0.6) is 5.75 Å². The molecule has 8 heteroatoms. The molecule has 2 aliphatic heterocycles. The zero-order valence-electron chi connectivity index (χ0n) is 13.9. The number of para-hydroxylation sites is 1. The lowest BCUT2D eigenvalue weighted by atomic mass is 10.1. The van der Waals surface area contributed by atoms with E-state index < -0.39 is 0 Å². The number of benzene rings is 1. The van der Waals surface area contributed by atoms with Gasteiger partial charge in [-0.3, -0.25) is 4.79 Å². The molecule has 0 radical (unpaired) electrons. The van der Waals surface area contributed by atoms with Gasteiger partial charge >= 0.3 is 0 Å². The van der Waals surface area contributed by atoms with Gasteiger partial charge in [0.2, 0.25) is 5.91 Å². The Kier molecular flexibility index (Phi) is 4.37. The molecule has 0 saturated carbocycles. The predicted molar refractivity (Wildman–Crippen MR) is 86.9 cm³/mol. The number of aromatic nitrogens is 3. The highest BCUT2D eigenvalue weighted by molar-refractivity contribution is 5.73. The minimum absolute atomic E-state index is 0.0540. The number of amides is 1. The molecule has 0 unspecified atom stereocenters. The number of rotatable bonds is 5. The summed E-state index contributed by atoms with van der Waals surface area (Å²) in [4.78, 5) is 11.3. The van der Waals surface area contributed by atoms with Gasteiger partial charge in [0.25, 0.3) is 0 Å². The van der Waals surface area contributed by atoms with E-state index in [9.17, 15) is 4.79 Å². The summed E-state index contributed by atoms with van der Waals surface area (Å²) in [6.45, 7) is 2.77. The van der Waals surface area contributed by atoms with E-state index >= 15 is 0 Å². The second-order valence-electron chi connectivity index (χ2n) is 6.26. The van der Waals surface area contributed by atoms with Gasteiger partial charge in [0, 0.05) is 6.92 Å². The highest BCUT2D eigenvalue weighted by Gasteiger charge is 2.49. The fourth-order valence-corrected chi connectivity index (χ4v) is 3.31. The van der Waals surface area contributed by atoms with Gasteiger partial charge in [-0.1, -0.05) is 23.4 Å². The molecule has 0 aliphatic carbocycles. The number of carbonyl (C=O) groups excluding carboxylic acids is 1. The van der Waals surface area contributed by atoms with Crippen molar-refractivity contribution >= 4 is 5.91 Å². The molecule has 2 fully saturated rings. The van der Waals surface area contributed by atoms with Gasteiger partial charge in [-0.05, 0) is 12.1 Å². The first kappa shape index (κ1) is 16.0. The molecule has 3 heterocycles. The van der Waals surface area contributed by atoms with Crippen molar-refractivity contribution in [2.24, 2.45) is 0 Å². The quantitative estimate of drug-likeness (QED) is 0.859. The van der Waals surface area contributed by atoms with Gasteiger partial charge in [-0.15, -0.1) is 5.10 Å². The average molecular weight is 344 g/mol. The van der Waals surface area contributed by atoms with Crippen LogP contribution in [-0.2, 0) is 20.9 Å². The van der Waals surface area contributed by atoms with Crippen LogP contribution in [0.3, 0.4) is 0 Å². The Morgan fingerprint density at radius 3 is 2.88 bits per heavy atom. The third kappa shape index (κ3) is 3.35. The SMILES string of the molecule is CC(=O)N[C@H]1CO[C@H]2[C@@H]1OC[C@@H]2n1cc(COc2ccccc2)nn1. The van der Waals surface area contributed by atoms with Crippen molar-refractivity contribution in [1.82, 2.24) is 20.3 Å². The first-order valence-electron chi connectivity index (χ1n) is 8.29. The molecule has 1 aromatic carbocycles. The van der Waals surface area contributed by atoms with E-state index in [2.05, 4.69) is 15.6 Å². The van der Waals surface area contributed by atoms with Crippen LogP contribution in [-0.4, -0.2) is 52.4 Å². The maximum atomic E-state index is 11.3. The van der Waals surface area contributed by atoms with E-state index in [1.165, 1.54) is 6.92 Å². The summed E-state index contributed by atoms with van der Waals surface area (Å²) in [6.07, 6.45) is 1.57. The van der Waals surface area contributed by atoms with Crippen molar-refractivity contribution < 1.29 is 19.0 Å². The smallest absolute Gasteiger partial charge is 0.217 e. The number of hydrogen-bond acceptors (Lipinski definition) is 6. The van der Waals surface area contributed by atoms with E-state index in [0.29, 0.717) is 19.8 Å². The number of ether oxygens (including phenoxy) is 3. The Hall–Kier alpha value is -2.45. The molecule has 2 aromatic rings. The number of carbonyl (C=O) groups is 1. The normalized spacial score (nSPS) is 27.9. The summed E-state index contributed by atoms with van der Waals surface area (Å²) in [5.74, 6) is 0.709. The van der Waals surface area contributed by atoms with E-state index in [4.69, 9.17) is 14.2 Å². The number of fused-ring (bicyclic) bond motifs is 1. The van der Waals surface area contributed by atoms with Crippen LogP contribution in [0.2, 0.25) is 0 Å². The van der Waals surface area contributed by atoms with E-state index in [-0.39, 0.29) is 30.2 Å². The molecule has 25 heavy (non-hydrogen) atoms. The summed E-state index contributed by atoms with van der Waals surface area (Å²) in [5.41, 5.74) is 0.740. The third-order valence-corrected chi connectivity index (χ3v) is 4.44. The molecule has 4 rings (SSSR count). The van der Waals surface area contributed by atoms with Crippen LogP contribution in [0.4, 0.5) is 0 Å². The van der Waals surface area contributed by atoms with Crippen LogP contribution in [0.25, 0.3) is 0 Å². The molecule has 8 nitrogen and oxygen atoms in total. The first-order valence-corrected chi connectivity index (χ1v) is 8.29. The highest BCUT2D eigenvalue weighted by atomic mass is 16.6. The lowest BCUT2D eigenvalue weighted by molar-refractivity contribution is -0.120. The summed E-state index contributed by atoms with van der Waals surface area (Å²) in [5, 5.41) is 11.2. The highest BCUT2D eigenvalue weighted by Crippen LogP contribution is 2.33. The van der Waals surface area contributed by atoms with E-state index in [0.717, 1.165) is 11.4 Å². The van der Waals surface area contributed by atoms with Crippen molar-refractivity contribution in [3.63, 3.8) is 0 Å². The lowest BCUT2D eigenvalue weighted by Crippen LogP contribution is -2.43. The molecule has 1 aromatic heterocycles. The largest absolute Gasteiger partial charge is 0.487 e. The summed E-state index contributed by atoms with van der Waals surface area (Å²) in [6, 6.07) is 9.41. The molecule has 1 N–H and O–H groups in total. The van der Waals surface area contributed by atoms with Crippen LogP contribution in [0.15, 0.2) is 36.5 Å². The van der Waals surface area contributed by atoms with E-state index in [1.54, 1.807) is 4.68 Å². The Balaban J connectivity index is 1.38. The topological polar surface area (TPSA) is 87.5 Å². The molecule has 1 amide bonds. The Morgan fingerprint density at radius 1 is 1.28 bits per heavy atom. The van der Waals surface area contributed by atoms with Gasteiger partial charge in [-0.25, -0.2) is 4.68 Å². The standard InChI is InChI=1S/C17H20N4O4/c1-11(22)18-14-9-24-17-15(10-25-16(14)17)21-7-12(19-20-21)8-23-13-5-3-2-4-6-13/h2-7,14-17H,8-10H2,1H3,(H,18,22)/t14-,15-,16+,17+/m0/s1. The van der Waals surface area contributed by atoms with Crippen molar-refractivity contribution in [3.05, 3.63) is 42.2 Å².